The van der Waals surface area contributed by atoms with Gasteiger partial charge in [0.2, 0.25) is 0 Å². The van der Waals surface area contributed by atoms with Gasteiger partial charge in [-0.1, -0.05) is 20.8 Å². The molecule has 4 heteroatoms. The average molecular weight is 275 g/mol. The predicted molar refractivity (Wildman–Crippen MR) is 79.6 cm³/mol. The van der Waals surface area contributed by atoms with Crippen LogP contribution in [-0.4, -0.2) is 53.7 Å². The largest absolute Gasteiger partial charge is 0.385 e. The van der Waals surface area contributed by atoms with Gasteiger partial charge in [-0.3, -0.25) is 0 Å². The van der Waals surface area contributed by atoms with Gasteiger partial charge in [-0.2, -0.15) is 0 Å². The molecule has 0 aromatic rings. The topological polar surface area (TPSA) is 39.7 Å². The first-order chi connectivity index (χ1) is 9.02. The molecule has 4 nitrogen and oxygen atoms in total. The normalized spacial score (nSPS) is 13.7. The molecule has 1 unspecified atom stereocenters. The van der Waals surface area contributed by atoms with Crippen LogP contribution in [0.1, 0.15) is 33.6 Å². The van der Waals surface area contributed by atoms with E-state index in [1.807, 2.05) is 0 Å². The van der Waals surface area contributed by atoms with Crippen LogP contribution in [0.15, 0.2) is 0 Å². The highest BCUT2D eigenvalue weighted by Gasteiger charge is 2.23. The second kappa shape index (κ2) is 11.6. The number of nitrogens with one attached hydrogen (secondary N) is 1. The van der Waals surface area contributed by atoms with E-state index in [2.05, 4.69) is 26.1 Å². The van der Waals surface area contributed by atoms with E-state index in [0.717, 1.165) is 52.4 Å². The van der Waals surface area contributed by atoms with Crippen LogP contribution in [0, 0.1) is 11.3 Å². The molecule has 0 aliphatic heterocycles. The van der Waals surface area contributed by atoms with E-state index < -0.39 is 0 Å². The van der Waals surface area contributed by atoms with E-state index in [1.165, 1.54) is 0 Å². The quantitative estimate of drug-likeness (QED) is 0.555. The van der Waals surface area contributed by atoms with Gasteiger partial charge in [0, 0.05) is 40.6 Å². The molecule has 0 aromatic heterocycles. The highest BCUT2D eigenvalue weighted by Crippen LogP contribution is 2.28. The smallest absolute Gasteiger partial charge is 0.0587 e. The third-order valence-corrected chi connectivity index (χ3v) is 3.35. The zero-order valence-corrected chi connectivity index (χ0v) is 13.5. The Labute approximate surface area is 119 Å². The first-order valence-corrected chi connectivity index (χ1v) is 7.28. The molecule has 0 aliphatic rings. The summed E-state index contributed by atoms with van der Waals surface area (Å²) in [4.78, 5) is 0. The second-order valence-corrected chi connectivity index (χ2v) is 6.01. The molecule has 0 saturated carbocycles. The van der Waals surface area contributed by atoms with Crippen molar-refractivity contribution in [2.75, 3.05) is 53.7 Å². The van der Waals surface area contributed by atoms with Gasteiger partial charge in [-0.15, -0.1) is 0 Å². The van der Waals surface area contributed by atoms with Gasteiger partial charge in [-0.25, -0.2) is 0 Å². The first-order valence-electron chi connectivity index (χ1n) is 7.28. The molecule has 0 aliphatic carbocycles. The average Bonchev–Trinajstić information content (AvgIpc) is 2.34. The minimum atomic E-state index is 0.302. The molecule has 0 aromatic carbocycles. The van der Waals surface area contributed by atoms with Crippen LogP contribution in [0.5, 0.6) is 0 Å². The molecule has 1 atom stereocenters. The summed E-state index contributed by atoms with van der Waals surface area (Å²) in [6.07, 6.45) is 2.07. The fourth-order valence-electron chi connectivity index (χ4n) is 1.92. The lowest BCUT2D eigenvalue weighted by Crippen LogP contribution is -2.34. The van der Waals surface area contributed by atoms with Crippen LogP contribution in [0.4, 0.5) is 0 Å². The molecule has 0 heterocycles. The van der Waals surface area contributed by atoms with E-state index in [1.54, 1.807) is 14.2 Å². The molecule has 0 saturated heterocycles. The summed E-state index contributed by atoms with van der Waals surface area (Å²) in [6.45, 7) is 12.0. The molecular weight excluding hydrogens is 242 g/mol. The van der Waals surface area contributed by atoms with Gasteiger partial charge in [0.1, 0.15) is 0 Å². The van der Waals surface area contributed by atoms with Crippen molar-refractivity contribution in [2.24, 2.45) is 11.3 Å². The number of methoxy groups -OCH3 is 2. The van der Waals surface area contributed by atoms with Gasteiger partial charge >= 0.3 is 0 Å². The van der Waals surface area contributed by atoms with E-state index in [4.69, 9.17) is 14.2 Å². The molecule has 0 radical (unpaired) electrons. The van der Waals surface area contributed by atoms with Crippen molar-refractivity contribution in [1.82, 2.24) is 5.32 Å². The van der Waals surface area contributed by atoms with Crippen LogP contribution in [-0.2, 0) is 14.2 Å². The Morgan fingerprint density at radius 1 is 0.947 bits per heavy atom. The Kier molecular flexibility index (Phi) is 11.6. The summed E-state index contributed by atoms with van der Waals surface area (Å²) < 4.78 is 15.7. The SMILES string of the molecule is COCCCOCCC(CNCCOC)C(C)(C)C. The van der Waals surface area contributed by atoms with E-state index in [-0.39, 0.29) is 0 Å². The lowest BCUT2D eigenvalue weighted by Gasteiger charge is -2.31. The summed E-state index contributed by atoms with van der Waals surface area (Å²) in [5, 5.41) is 3.45. The van der Waals surface area contributed by atoms with Crippen molar-refractivity contribution < 1.29 is 14.2 Å². The maximum Gasteiger partial charge on any atom is 0.0587 e. The Hall–Kier alpha value is -0.160. The third kappa shape index (κ3) is 11.4. The molecule has 1 N–H and O–H groups in total. The zero-order chi connectivity index (χ0) is 14.6. The highest BCUT2D eigenvalue weighted by molar-refractivity contribution is 4.76. The van der Waals surface area contributed by atoms with Crippen molar-refractivity contribution in [1.29, 1.82) is 0 Å². The van der Waals surface area contributed by atoms with E-state index >= 15 is 0 Å². The Balaban J connectivity index is 3.75. The number of hydrogen-bond acceptors (Lipinski definition) is 4. The molecule has 0 rings (SSSR count). The van der Waals surface area contributed by atoms with Gasteiger partial charge in [0.25, 0.3) is 0 Å². The third-order valence-electron chi connectivity index (χ3n) is 3.35. The van der Waals surface area contributed by atoms with Crippen molar-refractivity contribution >= 4 is 0 Å². The zero-order valence-electron chi connectivity index (χ0n) is 13.5. The second-order valence-electron chi connectivity index (χ2n) is 6.01. The number of hydrogen-bond donors (Lipinski definition) is 1. The van der Waals surface area contributed by atoms with Crippen LogP contribution in [0.2, 0.25) is 0 Å². The fourth-order valence-corrected chi connectivity index (χ4v) is 1.92. The van der Waals surface area contributed by atoms with E-state index in [9.17, 15) is 0 Å². The van der Waals surface area contributed by atoms with Crippen molar-refractivity contribution in [3.8, 4) is 0 Å². The Morgan fingerprint density at radius 2 is 1.63 bits per heavy atom. The van der Waals surface area contributed by atoms with Crippen LogP contribution >= 0.6 is 0 Å². The molecule has 0 fully saturated rings. The summed E-state index contributed by atoms with van der Waals surface area (Å²) in [6, 6.07) is 0. The van der Waals surface area contributed by atoms with Crippen LogP contribution < -0.4 is 5.32 Å². The van der Waals surface area contributed by atoms with E-state index in [0.29, 0.717) is 11.3 Å². The monoisotopic (exact) mass is 275 g/mol. The predicted octanol–water partition coefficient (Wildman–Crippen LogP) is 2.33. The van der Waals surface area contributed by atoms with Gasteiger partial charge in [0.15, 0.2) is 0 Å². The highest BCUT2D eigenvalue weighted by atomic mass is 16.5. The van der Waals surface area contributed by atoms with Gasteiger partial charge in [0.05, 0.1) is 6.61 Å². The maximum atomic E-state index is 5.66. The van der Waals surface area contributed by atoms with Crippen molar-refractivity contribution in [3.63, 3.8) is 0 Å². The number of ether oxygens (including phenoxy) is 3. The van der Waals surface area contributed by atoms with Crippen LogP contribution in [0.25, 0.3) is 0 Å². The summed E-state index contributed by atoms with van der Waals surface area (Å²) >= 11 is 0. The number of rotatable bonds is 12. The fraction of sp³-hybridized carbons (Fsp3) is 1.00. The summed E-state index contributed by atoms with van der Waals surface area (Å²) in [5.74, 6) is 0.617. The molecule has 116 valence electrons. The summed E-state index contributed by atoms with van der Waals surface area (Å²) in [5.41, 5.74) is 0.302. The Bertz CT molecular complexity index is 192. The molecule has 0 amide bonds. The molecule has 19 heavy (non-hydrogen) atoms. The standard InChI is InChI=1S/C15H33NO3/c1-15(2,3)14(13-16-8-12-18-5)7-11-19-10-6-9-17-4/h14,16H,6-13H2,1-5H3. The van der Waals surface area contributed by atoms with Crippen molar-refractivity contribution in [3.05, 3.63) is 0 Å². The summed E-state index contributed by atoms with van der Waals surface area (Å²) in [7, 11) is 3.46. The molecule has 0 bridgehead atoms. The van der Waals surface area contributed by atoms with Crippen molar-refractivity contribution in [2.45, 2.75) is 33.6 Å². The lowest BCUT2D eigenvalue weighted by molar-refractivity contribution is 0.0784. The first kappa shape index (κ1) is 18.8. The minimum Gasteiger partial charge on any atom is -0.385 e. The van der Waals surface area contributed by atoms with Gasteiger partial charge < -0.3 is 19.5 Å². The van der Waals surface area contributed by atoms with Gasteiger partial charge in [-0.05, 0) is 30.7 Å². The maximum absolute atomic E-state index is 5.66. The molecular formula is C15H33NO3. The minimum absolute atomic E-state index is 0.302. The lowest BCUT2D eigenvalue weighted by atomic mass is 9.79. The van der Waals surface area contributed by atoms with Crippen LogP contribution in [0.3, 0.4) is 0 Å². The molecule has 0 spiro atoms. The Morgan fingerprint density at radius 3 is 2.21 bits per heavy atom.